The first-order valence-corrected chi connectivity index (χ1v) is 5.59. The van der Waals surface area contributed by atoms with Crippen molar-refractivity contribution in [3.63, 3.8) is 0 Å². The molecule has 1 aliphatic heterocycles. The minimum Gasteiger partial charge on any atom is -0.381 e. The van der Waals surface area contributed by atoms with Gasteiger partial charge in [-0.2, -0.15) is 0 Å². The second-order valence-corrected chi connectivity index (χ2v) is 4.50. The molecule has 1 amide bonds. The lowest BCUT2D eigenvalue weighted by atomic mass is 10.0. The Labute approximate surface area is 87.1 Å². The first kappa shape index (κ1) is 9.68. The van der Waals surface area contributed by atoms with Gasteiger partial charge in [0, 0.05) is 17.2 Å². The van der Waals surface area contributed by atoms with Crippen LogP contribution in [-0.4, -0.2) is 19.1 Å². The van der Waals surface area contributed by atoms with Crippen molar-refractivity contribution in [3.05, 3.63) is 22.4 Å². The van der Waals surface area contributed by atoms with Crippen molar-refractivity contribution in [1.29, 1.82) is 0 Å². The van der Waals surface area contributed by atoms with Crippen LogP contribution in [0, 0.1) is 5.92 Å². The second kappa shape index (κ2) is 4.57. The van der Waals surface area contributed by atoms with E-state index < -0.39 is 0 Å². The van der Waals surface area contributed by atoms with Crippen molar-refractivity contribution in [1.82, 2.24) is 5.32 Å². The van der Waals surface area contributed by atoms with Crippen LogP contribution in [0.4, 0.5) is 0 Å². The van der Waals surface area contributed by atoms with Crippen LogP contribution in [0.1, 0.15) is 11.3 Å². The molecule has 0 radical (unpaired) electrons. The molecule has 1 aromatic heterocycles. The molecular formula is C10H13NO2S. The first-order valence-electron chi connectivity index (χ1n) is 4.71. The molecule has 2 rings (SSSR count). The largest absolute Gasteiger partial charge is 0.381 e. The summed E-state index contributed by atoms with van der Waals surface area (Å²) < 4.78 is 5.01. The van der Waals surface area contributed by atoms with E-state index in [9.17, 15) is 4.79 Å². The molecule has 1 aromatic rings. The molecule has 0 spiro atoms. The summed E-state index contributed by atoms with van der Waals surface area (Å²) in [5, 5.41) is 4.92. The summed E-state index contributed by atoms with van der Waals surface area (Å²) >= 11 is 1.66. The third kappa shape index (κ3) is 2.56. The van der Waals surface area contributed by atoms with Gasteiger partial charge < -0.3 is 10.1 Å². The summed E-state index contributed by atoms with van der Waals surface area (Å²) in [5.74, 6) is 0.574. The molecule has 3 nitrogen and oxygen atoms in total. The standard InChI is InChI=1S/C10H13NO2S/c12-10(4-8-6-13-7-8)11-5-9-2-1-3-14-9/h1-3,8H,4-7H2,(H,11,12). The molecule has 0 aliphatic carbocycles. The third-order valence-electron chi connectivity index (χ3n) is 2.22. The normalized spacial score (nSPS) is 16.3. The highest BCUT2D eigenvalue weighted by Crippen LogP contribution is 2.14. The molecule has 0 bridgehead atoms. The Morgan fingerprint density at radius 1 is 1.64 bits per heavy atom. The monoisotopic (exact) mass is 211 g/mol. The summed E-state index contributed by atoms with van der Waals surface area (Å²) in [5.41, 5.74) is 0. The fourth-order valence-electron chi connectivity index (χ4n) is 1.34. The van der Waals surface area contributed by atoms with Gasteiger partial charge in [0.2, 0.25) is 5.91 Å². The topological polar surface area (TPSA) is 38.3 Å². The smallest absolute Gasteiger partial charge is 0.220 e. The molecule has 76 valence electrons. The van der Waals surface area contributed by atoms with Gasteiger partial charge in [-0.3, -0.25) is 4.79 Å². The van der Waals surface area contributed by atoms with Crippen LogP contribution in [0.5, 0.6) is 0 Å². The first-order chi connectivity index (χ1) is 6.84. The van der Waals surface area contributed by atoms with Crippen molar-refractivity contribution in [2.24, 2.45) is 5.92 Å². The lowest BCUT2D eigenvalue weighted by molar-refractivity contribution is -0.126. The van der Waals surface area contributed by atoms with Crippen molar-refractivity contribution in [3.8, 4) is 0 Å². The summed E-state index contributed by atoms with van der Waals surface area (Å²) in [6.45, 7) is 2.14. The fourth-order valence-corrected chi connectivity index (χ4v) is 1.98. The summed E-state index contributed by atoms with van der Waals surface area (Å²) in [4.78, 5) is 12.6. The molecule has 1 aliphatic rings. The Hall–Kier alpha value is -0.870. The maximum absolute atomic E-state index is 11.4. The van der Waals surface area contributed by atoms with Crippen LogP contribution in [0.25, 0.3) is 0 Å². The maximum atomic E-state index is 11.4. The minimum atomic E-state index is 0.131. The highest BCUT2D eigenvalue weighted by molar-refractivity contribution is 7.09. The zero-order valence-electron chi connectivity index (χ0n) is 7.86. The molecule has 1 N–H and O–H groups in total. The SMILES string of the molecule is O=C(CC1COC1)NCc1cccs1. The van der Waals surface area contributed by atoms with Gasteiger partial charge in [-0.1, -0.05) is 6.07 Å². The Bertz CT molecular complexity index is 293. The molecule has 0 saturated carbocycles. The summed E-state index contributed by atoms with van der Waals surface area (Å²) in [7, 11) is 0. The van der Waals surface area contributed by atoms with Gasteiger partial charge in [-0.25, -0.2) is 0 Å². The van der Waals surface area contributed by atoms with E-state index in [1.165, 1.54) is 4.88 Å². The van der Waals surface area contributed by atoms with Crippen LogP contribution < -0.4 is 5.32 Å². The molecule has 0 unspecified atom stereocenters. The Morgan fingerprint density at radius 3 is 3.07 bits per heavy atom. The van der Waals surface area contributed by atoms with Gasteiger partial charge in [0.05, 0.1) is 19.8 Å². The van der Waals surface area contributed by atoms with Gasteiger partial charge >= 0.3 is 0 Å². The molecule has 0 atom stereocenters. The van der Waals surface area contributed by atoms with Crippen LogP contribution in [-0.2, 0) is 16.1 Å². The fraction of sp³-hybridized carbons (Fsp3) is 0.500. The minimum absolute atomic E-state index is 0.131. The number of rotatable bonds is 4. The molecule has 1 fully saturated rings. The quantitative estimate of drug-likeness (QED) is 0.817. The van der Waals surface area contributed by atoms with Gasteiger partial charge in [0.15, 0.2) is 0 Å². The van der Waals surface area contributed by atoms with Crippen LogP contribution in [0.3, 0.4) is 0 Å². The predicted octanol–water partition coefficient (Wildman–Crippen LogP) is 1.40. The van der Waals surface area contributed by atoms with Gasteiger partial charge in [-0.15, -0.1) is 11.3 Å². The van der Waals surface area contributed by atoms with Crippen LogP contribution >= 0.6 is 11.3 Å². The van der Waals surface area contributed by atoms with E-state index in [-0.39, 0.29) is 5.91 Å². The van der Waals surface area contributed by atoms with Crippen molar-refractivity contribution >= 4 is 17.2 Å². The van der Waals surface area contributed by atoms with Crippen LogP contribution in [0.15, 0.2) is 17.5 Å². The van der Waals surface area contributed by atoms with E-state index in [0.29, 0.717) is 18.9 Å². The number of thiophene rings is 1. The van der Waals surface area contributed by atoms with Gasteiger partial charge in [0.1, 0.15) is 0 Å². The number of hydrogen-bond acceptors (Lipinski definition) is 3. The number of ether oxygens (including phenoxy) is 1. The molecule has 0 aromatic carbocycles. The summed E-state index contributed by atoms with van der Waals surface area (Å²) in [6, 6.07) is 4.02. The van der Waals surface area contributed by atoms with E-state index in [2.05, 4.69) is 5.32 Å². The summed E-state index contributed by atoms with van der Waals surface area (Å²) in [6.07, 6.45) is 0.603. The number of carbonyl (C=O) groups is 1. The number of carbonyl (C=O) groups excluding carboxylic acids is 1. The van der Waals surface area contributed by atoms with Crippen molar-refractivity contribution in [2.75, 3.05) is 13.2 Å². The van der Waals surface area contributed by atoms with Crippen molar-refractivity contribution in [2.45, 2.75) is 13.0 Å². The number of nitrogens with one attached hydrogen (secondary N) is 1. The lowest BCUT2D eigenvalue weighted by Crippen LogP contribution is -2.34. The number of hydrogen-bond donors (Lipinski definition) is 1. The average Bonchev–Trinajstić information content (AvgIpc) is 2.60. The molecule has 14 heavy (non-hydrogen) atoms. The molecular weight excluding hydrogens is 198 g/mol. The predicted molar refractivity (Wildman–Crippen MR) is 55.1 cm³/mol. The second-order valence-electron chi connectivity index (χ2n) is 3.46. The van der Waals surface area contributed by atoms with Crippen molar-refractivity contribution < 1.29 is 9.53 Å². The molecule has 1 saturated heterocycles. The number of amides is 1. The Morgan fingerprint density at radius 2 is 2.50 bits per heavy atom. The van der Waals surface area contributed by atoms with E-state index >= 15 is 0 Å². The Kier molecular flexibility index (Phi) is 3.16. The molecule has 4 heteroatoms. The van der Waals surface area contributed by atoms with Crippen LogP contribution in [0.2, 0.25) is 0 Å². The maximum Gasteiger partial charge on any atom is 0.220 e. The Balaban J connectivity index is 1.67. The van der Waals surface area contributed by atoms with Gasteiger partial charge in [-0.05, 0) is 11.4 Å². The zero-order valence-corrected chi connectivity index (χ0v) is 8.68. The van der Waals surface area contributed by atoms with E-state index in [0.717, 1.165) is 13.2 Å². The van der Waals surface area contributed by atoms with E-state index in [4.69, 9.17) is 4.74 Å². The highest BCUT2D eigenvalue weighted by Gasteiger charge is 2.21. The zero-order chi connectivity index (χ0) is 9.80. The highest BCUT2D eigenvalue weighted by atomic mass is 32.1. The van der Waals surface area contributed by atoms with E-state index in [1.807, 2.05) is 17.5 Å². The lowest BCUT2D eigenvalue weighted by Gasteiger charge is -2.25. The third-order valence-corrected chi connectivity index (χ3v) is 3.10. The molecule has 2 heterocycles. The average molecular weight is 211 g/mol. The van der Waals surface area contributed by atoms with Gasteiger partial charge in [0.25, 0.3) is 0 Å². The van der Waals surface area contributed by atoms with E-state index in [1.54, 1.807) is 11.3 Å².